The Morgan fingerprint density at radius 3 is 2.38 bits per heavy atom. The highest BCUT2D eigenvalue weighted by Crippen LogP contribution is 2.23. The van der Waals surface area contributed by atoms with Gasteiger partial charge in [0.1, 0.15) is 12.3 Å². The van der Waals surface area contributed by atoms with Crippen molar-refractivity contribution < 1.29 is 23.9 Å². The Hall–Kier alpha value is -2.89. The van der Waals surface area contributed by atoms with E-state index >= 15 is 0 Å². The third-order valence-electron chi connectivity index (χ3n) is 3.94. The van der Waals surface area contributed by atoms with Gasteiger partial charge < -0.3 is 14.5 Å². The Morgan fingerprint density at radius 1 is 1.08 bits per heavy atom. The molecule has 0 atom stereocenters. The Morgan fingerprint density at radius 2 is 1.77 bits per heavy atom. The zero-order chi connectivity index (χ0) is 19.1. The van der Waals surface area contributed by atoms with Gasteiger partial charge in [-0.2, -0.15) is 0 Å². The van der Waals surface area contributed by atoms with Crippen LogP contribution in [-0.2, 0) is 27.3 Å². The predicted molar refractivity (Wildman–Crippen MR) is 96.0 cm³/mol. The number of ketones is 1. The second-order valence-electron chi connectivity index (χ2n) is 5.90. The summed E-state index contributed by atoms with van der Waals surface area (Å²) in [5, 5.41) is 0. The molecule has 0 aliphatic heterocycles. The molecule has 0 spiro atoms. The monoisotopic (exact) mass is 357 g/mol. The van der Waals surface area contributed by atoms with Gasteiger partial charge in [-0.1, -0.05) is 30.3 Å². The van der Waals surface area contributed by atoms with Crippen molar-refractivity contribution in [3.05, 3.63) is 58.4 Å². The summed E-state index contributed by atoms with van der Waals surface area (Å²) < 4.78 is 10.3. The highest BCUT2D eigenvalue weighted by atomic mass is 16.5. The van der Waals surface area contributed by atoms with Crippen LogP contribution in [-0.4, -0.2) is 29.3 Å². The number of rotatable bonds is 8. The molecule has 138 valence electrons. The molecule has 0 radical (unpaired) electrons. The van der Waals surface area contributed by atoms with Crippen LogP contribution in [0.2, 0.25) is 0 Å². The van der Waals surface area contributed by atoms with E-state index in [4.69, 9.17) is 9.47 Å². The smallest absolute Gasteiger partial charge is 0.355 e. The van der Waals surface area contributed by atoms with Crippen LogP contribution in [0.5, 0.6) is 0 Å². The van der Waals surface area contributed by atoms with Crippen molar-refractivity contribution in [3.63, 3.8) is 0 Å². The van der Waals surface area contributed by atoms with Gasteiger partial charge in [0.25, 0.3) is 0 Å². The SMILES string of the molecule is CCOC(=O)CCc1c(C(=O)OCc2ccccc2)[nH]c(C)c1C(C)=O. The van der Waals surface area contributed by atoms with Crippen molar-refractivity contribution in [2.75, 3.05) is 6.61 Å². The first kappa shape index (κ1) is 19.4. The highest BCUT2D eigenvalue weighted by molar-refractivity contribution is 6.01. The second kappa shape index (κ2) is 8.99. The molecular formula is C20H23NO5. The normalized spacial score (nSPS) is 10.4. The van der Waals surface area contributed by atoms with Crippen molar-refractivity contribution in [1.29, 1.82) is 0 Å². The Bertz CT molecular complexity index is 792. The fraction of sp³-hybridized carbons (Fsp3) is 0.350. The fourth-order valence-corrected chi connectivity index (χ4v) is 2.83. The summed E-state index contributed by atoms with van der Waals surface area (Å²) in [4.78, 5) is 39.1. The standard InChI is InChI=1S/C20H23NO5/c1-4-25-17(23)11-10-16-18(14(3)22)13(2)21-19(16)20(24)26-12-15-8-6-5-7-9-15/h5-9,21H,4,10-12H2,1-3H3. The molecule has 1 aromatic carbocycles. The molecule has 0 bridgehead atoms. The number of H-pyrrole nitrogens is 1. The number of aromatic amines is 1. The lowest BCUT2D eigenvalue weighted by Gasteiger charge is -2.07. The maximum atomic E-state index is 12.5. The van der Waals surface area contributed by atoms with Gasteiger partial charge in [-0.15, -0.1) is 0 Å². The lowest BCUT2D eigenvalue weighted by Crippen LogP contribution is -2.12. The van der Waals surface area contributed by atoms with Gasteiger partial charge in [0, 0.05) is 17.7 Å². The zero-order valence-corrected chi connectivity index (χ0v) is 15.3. The minimum Gasteiger partial charge on any atom is -0.466 e. The third-order valence-corrected chi connectivity index (χ3v) is 3.94. The van der Waals surface area contributed by atoms with Crippen molar-refractivity contribution in [2.45, 2.75) is 40.2 Å². The molecule has 2 aromatic rings. The molecule has 0 amide bonds. The number of carbonyl (C=O) groups is 3. The molecule has 1 N–H and O–H groups in total. The summed E-state index contributed by atoms with van der Waals surface area (Å²) in [6.07, 6.45) is 0.318. The van der Waals surface area contributed by atoms with Crippen LogP contribution in [0, 0.1) is 6.92 Å². The maximum Gasteiger partial charge on any atom is 0.355 e. The number of Topliss-reactive ketones (excluding diaryl/α,β-unsaturated/α-hetero) is 1. The predicted octanol–water partition coefficient (Wildman–Crippen LogP) is 3.38. The maximum absolute atomic E-state index is 12.5. The number of aryl methyl sites for hydroxylation is 1. The lowest BCUT2D eigenvalue weighted by atomic mass is 10.0. The van der Waals surface area contributed by atoms with E-state index in [0.717, 1.165) is 5.56 Å². The number of aromatic nitrogens is 1. The van der Waals surface area contributed by atoms with Crippen molar-refractivity contribution >= 4 is 17.7 Å². The summed E-state index contributed by atoms with van der Waals surface area (Å²) in [7, 11) is 0. The van der Waals surface area contributed by atoms with Gasteiger partial charge in [-0.25, -0.2) is 4.79 Å². The Balaban J connectivity index is 2.20. The molecule has 26 heavy (non-hydrogen) atoms. The van der Waals surface area contributed by atoms with Gasteiger partial charge in [-0.3, -0.25) is 9.59 Å². The van der Waals surface area contributed by atoms with Gasteiger partial charge >= 0.3 is 11.9 Å². The van der Waals surface area contributed by atoms with E-state index in [2.05, 4.69) is 4.98 Å². The number of nitrogens with one attached hydrogen (secondary N) is 1. The minimum atomic E-state index is -0.552. The number of hydrogen-bond donors (Lipinski definition) is 1. The minimum absolute atomic E-state index is 0.0877. The molecule has 0 unspecified atom stereocenters. The molecule has 1 aromatic heterocycles. The van der Waals surface area contributed by atoms with Gasteiger partial charge in [0.05, 0.1) is 6.61 Å². The Kier molecular flexibility index (Phi) is 6.72. The van der Waals surface area contributed by atoms with Crippen LogP contribution >= 0.6 is 0 Å². The van der Waals surface area contributed by atoms with E-state index in [1.807, 2.05) is 30.3 Å². The quantitative estimate of drug-likeness (QED) is 0.578. The van der Waals surface area contributed by atoms with Crippen molar-refractivity contribution in [2.24, 2.45) is 0 Å². The number of esters is 2. The Labute approximate surface area is 152 Å². The lowest BCUT2D eigenvalue weighted by molar-refractivity contribution is -0.143. The first-order chi connectivity index (χ1) is 12.4. The third kappa shape index (κ3) is 4.81. The zero-order valence-electron chi connectivity index (χ0n) is 15.3. The highest BCUT2D eigenvalue weighted by Gasteiger charge is 2.24. The summed E-state index contributed by atoms with van der Waals surface area (Å²) in [5.41, 5.74) is 2.60. The first-order valence-corrected chi connectivity index (χ1v) is 8.53. The van der Waals surface area contributed by atoms with E-state index in [9.17, 15) is 14.4 Å². The number of ether oxygens (including phenoxy) is 2. The van der Waals surface area contributed by atoms with Crippen LogP contribution < -0.4 is 0 Å². The average molecular weight is 357 g/mol. The van der Waals surface area contributed by atoms with E-state index in [1.54, 1.807) is 13.8 Å². The number of benzene rings is 1. The van der Waals surface area contributed by atoms with Crippen LogP contribution in [0.4, 0.5) is 0 Å². The van der Waals surface area contributed by atoms with Crippen LogP contribution in [0.25, 0.3) is 0 Å². The molecule has 2 rings (SSSR count). The van der Waals surface area contributed by atoms with Crippen LogP contribution in [0.1, 0.15) is 57.9 Å². The summed E-state index contributed by atoms with van der Waals surface area (Å²) >= 11 is 0. The summed E-state index contributed by atoms with van der Waals surface area (Å²) in [6, 6.07) is 9.32. The molecule has 0 saturated heterocycles. The van der Waals surface area contributed by atoms with E-state index < -0.39 is 5.97 Å². The summed E-state index contributed by atoms with van der Waals surface area (Å²) in [6.45, 7) is 5.30. The molecular weight excluding hydrogens is 334 g/mol. The molecule has 0 saturated carbocycles. The van der Waals surface area contributed by atoms with E-state index in [-0.39, 0.29) is 43.5 Å². The molecule has 6 nitrogen and oxygen atoms in total. The molecule has 0 fully saturated rings. The number of hydrogen-bond acceptors (Lipinski definition) is 5. The van der Waals surface area contributed by atoms with Crippen molar-refractivity contribution in [1.82, 2.24) is 4.98 Å². The van der Waals surface area contributed by atoms with E-state index in [1.165, 1.54) is 6.92 Å². The van der Waals surface area contributed by atoms with Gasteiger partial charge in [0.2, 0.25) is 0 Å². The van der Waals surface area contributed by atoms with Crippen molar-refractivity contribution in [3.8, 4) is 0 Å². The van der Waals surface area contributed by atoms with Crippen LogP contribution in [0.15, 0.2) is 30.3 Å². The fourth-order valence-electron chi connectivity index (χ4n) is 2.83. The van der Waals surface area contributed by atoms with E-state index in [0.29, 0.717) is 16.8 Å². The summed E-state index contributed by atoms with van der Waals surface area (Å²) in [5.74, 6) is -1.09. The average Bonchev–Trinajstić information content (AvgIpc) is 2.95. The molecule has 0 aliphatic rings. The molecule has 1 heterocycles. The molecule has 0 aliphatic carbocycles. The molecule has 6 heteroatoms. The topological polar surface area (TPSA) is 85.5 Å². The first-order valence-electron chi connectivity index (χ1n) is 8.53. The van der Waals surface area contributed by atoms with Gasteiger partial charge in [0.15, 0.2) is 5.78 Å². The van der Waals surface area contributed by atoms with Crippen LogP contribution in [0.3, 0.4) is 0 Å². The van der Waals surface area contributed by atoms with Gasteiger partial charge in [-0.05, 0) is 38.3 Å². The number of carbonyl (C=O) groups excluding carboxylic acids is 3. The second-order valence-corrected chi connectivity index (χ2v) is 5.90. The largest absolute Gasteiger partial charge is 0.466 e.